The average molecular weight is 345 g/mol. The molecule has 0 saturated carbocycles. The summed E-state index contributed by atoms with van der Waals surface area (Å²) >= 11 is 5.86. The predicted octanol–water partition coefficient (Wildman–Crippen LogP) is 2.56. The van der Waals surface area contributed by atoms with Gasteiger partial charge in [0, 0.05) is 19.7 Å². The molecule has 8 heteroatoms. The highest BCUT2D eigenvalue weighted by Crippen LogP contribution is 2.23. The summed E-state index contributed by atoms with van der Waals surface area (Å²) < 4.78 is 38.1. The van der Waals surface area contributed by atoms with Crippen molar-refractivity contribution in [1.29, 1.82) is 0 Å². The molecule has 0 radical (unpaired) electrons. The van der Waals surface area contributed by atoms with Gasteiger partial charge in [0.15, 0.2) is 0 Å². The second-order valence-electron chi connectivity index (χ2n) is 4.58. The van der Waals surface area contributed by atoms with Crippen LogP contribution in [0.25, 0.3) is 0 Å². The highest BCUT2D eigenvalue weighted by molar-refractivity contribution is 7.89. The SMILES string of the molecule is CCc1ccc(C(COC)NS(=O)(=O)c2cccnc2Cl)o1. The fraction of sp³-hybridized carbons (Fsp3) is 0.357. The minimum Gasteiger partial charge on any atom is -0.464 e. The van der Waals surface area contributed by atoms with E-state index in [2.05, 4.69) is 9.71 Å². The van der Waals surface area contributed by atoms with Gasteiger partial charge in [0.2, 0.25) is 10.0 Å². The van der Waals surface area contributed by atoms with Crippen LogP contribution in [-0.4, -0.2) is 27.1 Å². The van der Waals surface area contributed by atoms with Gasteiger partial charge in [-0.05, 0) is 24.3 Å². The maximum atomic E-state index is 12.5. The molecule has 0 spiro atoms. The van der Waals surface area contributed by atoms with Crippen LogP contribution in [0.2, 0.25) is 5.15 Å². The quantitative estimate of drug-likeness (QED) is 0.781. The molecule has 0 aliphatic rings. The number of methoxy groups -OCH3 is 1. The maximum Gasteiger partial charge on any atom is 0.244 e. The molecule has 2 heterocycles. The number of hydrogen-bond acceptors (Lipinski definition) is 5. The van der Waals surface area contributed by atoms with E-state index in [0.29, 0.717) is 5.76 Å². The van der Waals surface area contributed by atoms with E-state index >= 15 is 0 Å². The highest BCUT2D eigenvalue weighted by atomic mass is 35.5. The molecule has 0 aliphatic heterocycles. The smallest absolute Gasteiger partial charge is 0.244 e. The van der Waals surface area contributed by atoms with Crippen LogP contribution in [0.4, 0.5) is 0 Å². The molecule has 2 rings (SSSR count). The van der Waals surface area contributed by atoms with E-state index in [1.54, 1.807) is 6.07 Å². The van der Waals surface area contributed by atoms with Crippen LogP contribution in [0.1, 0.15) is 24.5 Å². The monoisotopic (exact) mass is 344 g/mol. The van der Waals surface area contributed by atoms with E-state index in [1.807, 2.05) is 13.0 Å². The van der Waals surface area contributed by atoms with Crippen molar-refractivity contribution < 1.29 is 17.6 Å². The normalized spacial score (nSPS) is 13.2. The molecule has 22 heavy (non-hydrogen) atoms. The number of nitrogens with one attached hydrogen (secondary N) is 1. The number of pyridine rings is 1. The minimum atomic E-state index is -3.84. The number of hydrogen-bond donors (Lipinski definition) is 1. The summed E-state index contributed by atoms with van der Waals surface area (Å²) in [5.41, 5.74) is 0. The highest BCUT2D eigenvalue weighted by Gasteiger charge is 2.25. The Morgan fingerprint density at radius 1 is 1.41 bits per heavy atom. The summed E-state index contributed by atoms with van der Waals surface area (Å²) in [6, 6.07) is 5.79. The van der Waals surface area contributed by atoms with Gasteiger partial charge in [-0.25, -0.2) is 13.4 Å². The summed E-state index contributed by atoms with van der Waals surface area (Å²) in [6.07, 6.45) is 2.15. The lowest BCUT2D eigenvalue weighted by molar-refractivity contribution is 0.166. The van der Waals surface area contributed by atoms with Gasteiger partial charge in [-0.1, -0.05) is 18.5 Å². The van der Waals surface area contributed by atoms with Gasteiger partial charge >= 0.3 is 0 Å². The zero-order valence-electron chi connectivity index (χ0n) is 12.2. The van der Waals surface area contributed by atoms with Crippen molar-refractivity contribution in [3.63, 3.8) is 0 Å². The third-order valence-corrected chi connectivity index (χ3v) is 4.94. The lowest BCUT2D eigenvalue weighted by Gasteiger charge is -2.16. The third kappa shape index (κ3) is 3.86. The van der Waals surface area contributed by atoms with E-state index in [0.717, 1.165) is 12.2 Å². The van der Waals surface area contributed by atoms with Gasteiger partial charge in [0.25, 0.3) is 0 Å². The molecular formula is C14H17ClN2O4S. The maximum absolute atomic E-state index is 12.5. The lowest BCUT2D eigenvalue weighted by Crippen LogP contribution is -2.31. The molecular weight excluding hydrogens is 328 g/mol. The van der Waals surface area contributed by atoms with Gasteiger partial charge in [-0.15, -0.1) is 0 Å². The molecule has 6 nitrogen and oxygen atoms in total. The predicted molar refractivity (Wildman–Crippen MR) is 82.3 cm³/mol. The second kappa shape index (κ2) is 7.23. The number of rotatable bonds is 7. The Labute approximate surface area is 134 Å². The van der Waals surface area contributed by atoms with E-state index in [4.69, 9.17) is 20.8 Å². The number of halogens is 1. The lowest BCUT2D eigenvalue weighted by atomic mass is 10.2. The molecule has 1 N–H and O–H groups in total. The van der Waals surface area contributed by atoms with E-state index < -0.39 is 16.1 Å². The van der Waals surface area contributed by atoms with Crippen molar-refractivity contribution in [2.45, 2.75) is 24.3 Å². The van der Waals surface area contributed by atoms with E-state index in [9.17, 15) is 8.42 Å². The molecule has 0 aliphatic carbocycles. The van der Waals surface area contributed by atoms with Crippen LogP contribution in [0.15, 0.2) is 39.8 Å². The summed E-state index contributed by atoms with van der Waals surface area (Å²) in [7, 11) is -2.35. The Hall–Kier alpha value is -1.41. The fourth-order valence-corrected chi connectivity index (χ4v) is 3.58. The summed E-state index contributed by atoms with van der Waals surface area (Å²) in [4.78, 5) is 3.70. The Morgan fingerprint density at radius 3 is 2.77 bits per heavy atom. The number of aromatic nitrogens is 1. The van der Waals surface area contributed by atoms with Crippen molar-refractivity contribution >= 4 is 21.6 Å². The van der Waals surface area contributed by atoms with Gasteiger partial charge in [-0.2, -0.15) is 4.72 Å². The summed E-state index contributed by atoms with van der Waals surface area (Å²) in [5.74, 6) is 1.26. The van der Waals surface area contributed by atoms with Gasteiger partial charge in [0.05, 0.1) is 6.61 Å². The Bertz CT molecular complexity index is 730. The van der Waals surface area contributed by atoms with E-state index in [1.165, 1.54) is 25.4 Å². The zero-order valence-corrected chi connectivity index (χ0v) is 13.8. The summed E-state index contributed by atoms with van der Waals surface area (Å²) in [5, 5.41) is -0.0835. The molecule has 1 unspecified atom stereocenters. The molecule has 0 amide bonds. The first-order chi connectivity index (χ1) is 10.5. The van der Waals surface area contributed by atoms with Crippen molar-refractivity contribution in [3.05, 3.63) is 47.1 Å². The van der Waals surface area contributed by atoms with Crippen LogP contribution < -0.4 is 4.72 Å². The standard InChI is InChI=1S/C14H17ClN2O4S/c1-3-10-6-7-12(21-10)11(9-20-2)17-22(18,19)13-5-4-8-16-14(13)15/h4-8,11,17H,3,9H2,1-2H3. The topological polar surface area (TPSA) is 81.4 Å². The zero-order chi connectivity index (χ0) is 16.2. The van der Waals surface area contributed by atoms with Gasteiger partial charge in [-0.3, -0.25) is 0 Å². The Balaban J connectivity index is 2.29. The molecule has 0 bridgehead atoms. The summed E-state index contributed by atoms with van der Waals surface area (Å²) in [6.45, 7) is 2.08. The number of ether oxygens (including phenoxy) is 1. The molecule has 2 aromatic rings. The van der Waals surface area contributed by atoms with Crippen molar-refractivity contribution in [3.8, 4) is 0 Å². The van der Waals surface area contributed by atoms with Gasteiger partial charge < -0.3 is 9.15 Å². The fourth-order valence-electron chi connectivity index (χ4n) is 1.94. The molecule has 120 valence electrons. The first-order valence-electron chi connectivity index (χ1n) is 6.68. The first-order valence-corrected chi connectivity index (χ1v) is 8.54. The molecule has 0 fully saturated rings. The van der Waals surface area contributed by atoms with Crippen LogP contribution in [0, 0.1) is 0 Å². The molecule has 1 atom stereocenters. The van der Waals surface area contributed by atoms with Crippen LogP contribution in [0.3, 0.4) is 0 Å². The average Bonchev–Trinajstić information content (AvgIpc) is 2.96. The Morgan fingerprint density at radius 2 is 2.18 bits per heavy atom. The largest absolute Gasteiger partial charge is 0.464 e. The number of furan rings is 1. The van der Waals surface area contributed by atoms with E-state index in [-0.39, 0.29) is 16.7 Å². The molecule has 0 saturated heterocycles. The van der Waals surface area contributed by atoms with Crippen LogP contribution in [0.5, 0.6) is 0 Å². The Kier molecular flexibility index (Phi) is 5.57. The van der Waals surface area contributed by atoms with Crippen molar-refractivity contribution in [2.24, 2.45) is 0 Å². The third-order valence-electron chi connectivity index (χ3n) is 3.02. The first kappa shape index (κ1) is 17.0. The molecule has 2 aromatic heterocycles. The van der Waals surface area contributed by atoms with Gasteiger partial charge in [0.1, 0.15) is 27.6 Å². The number of aryl methyl sites for hydroxylation is 1. The van der Waals surface area contributed by atoms with Crippen LogP contribution >= 0.6 is 11.6 Å². The van der Waals surface area contributed by atoms with Crippen molar-refractivity contribution in [1.82, 2.24) is 9.71 Å². The van der Waals surface area contributed by atoms with Crippen molar-refractivity contribution in [2.75, 3.05) is 13.7 Å². The molecule has 0 aromatic carbocycles. The second-order valence-corrected chi connectivity index (χ2v) is 6.62. The number of sulfonamides is 1. The van der Waals surface area contributed by atoms with Crippen LogP contribution in [-0.2, 0) is 21.2 Å². The minimum absolute atomic E-state index is 0.0833. The number of nitrogens with zero attached hydrogens (tertiary/aromatic N) is 1.